The molecular formula is C10H16O. The number of aldehydes is 1. The molecule has 11 heavy (non-hydrogen) atoms. The zero-order valence-corrected chi connectivity index (χ0v) is 7.18. The molecule has 1 aliphatic rings. The fourth-order valence-electron chi connectivity index (χ4n) is 1.67. The summed E-state index contributed by atoms with van der Waals surface area (Å²) in [5.74, 6) is 0.227. The maximum Gasteiger partial charge on any atom is 0.126 e. The molecule has 62 valence electrons. The summed E-state index contributed by atoms with van der Waals surface area (Å²) in [4.78, 5) is 10.5. The van der Waals surface area contributed by atoms with Gasteiger partial charge in [-0.25, -0.2) is 0 Å². The van der Waals surface area contributed by atoms with Gasteiger partial charge in [0, 0.05) is 5.92 Å². The van der Waals surface area contributed by atoms with Gasteiger partial charge in [0.2, 0.25) is 0 Å². The van der Waals surface area contributed by atoms with Gasteiger partial charge in [0.25, 0.3) is 0 Å². The monoisotopic (exact) mass is 152 g/mol. The van der Waals surface area contributed by atoms with Crippen LogP contribution in [0, 0.1) is 5.92 Å². The molecule has 1 rings (SSSR count). The normalized spacial score (nSPS) is 24.5. The first-order valence-electron chi connectivity index (χ1n) is 4.51. The standard InChI is InChI=1S/C10H16O/c1-2-4-9-5-3-6-10(7-9)8-11/h7-8,10H,2-6H2,1H3. The number of hydrogen-bond donors (Lipinski definition) is 0. The van der Waals surface area contributed by atoms with Crippen LogP contribution in [0.15, 0.2) is 11.6 Å². The quantitative estimate of drug-likeness (QED) is 0.449. The Morgan fingerprint density at radius 1 is 1.73 bits per heavy atom. The van der Waals surface area contributed by atoms with E-state index in [1.54, 1.807) is 0 Å². The highest BCUT2D eigenvalue weighted by Gasteiger charge is 2.11. The van der Waals surface area contributed by atoms with Crippen LogP contribution in [0.2, 0.25) is 0 Å². The van der Waals surface area contributed by atoms with Crippen LogP contribution in [0.5, 0.6) is 0 Å². The van der Waals surface area contributed by atoms with E-state index in [1.807, 2.05) is 0 Å². The summed E-state index contributed by atoms with van der Waals surface area (Å²) >= 11 is 0. The minimum atomic E-state index is 0.227. The van der Waals surface area contributed by atoms with Crippen LogP contribution in [0.4, 0.5) is 0 Å². The molecule has 0 aromatic heterocycles. The molecule has 0 aromatic rings. The molecule has 1 nitrogen and oxygen atoms in total. The van der Waals surface area contributed by atoms with E-state index in [-0.39, 0.29) is 5.92 Å². The summed E-state index contributed by atoms with van der Waals surface area (Å²) in [6, 6.07) is 0. The van der Waals surface area contributed by atoms with Gasteiger partial charge < -0.3 is 4.79 Å². The Bertz CT molecular complexity index is 158. The maximum atomic E-state index is 10.5. The lowest BCUT2D eigenvalue weighted by Gasteiger charge is -2.15. The zero-order chi connectivity index (χ0) is 8.10. The van der Waals surface area contributed by atoms with Gasteiger partial charge in [0.15, 0.2) is 0 Å². The van der Waals surface area contributed by atoms with Gasteiger partial charge in [-0.05, 0) is 25.7 Å². The third-order valence-corrected chi connectivity index (χ3v) is 2.23. The molecular weight excluding hydrogens is 136 g/mol. The molecule has 0 fully saturated rings. The predicted octanol–water partition coefficient (Wildman–Crippen LogP) is 2.71. The van der Waals surface area contributed by atoms with Gasteiger partial charge in [-0.15, -0.1) is 0 Å². The Labute approximate surface area is 68.5 Å². The fourth-order valence-corrected chi connectivity index (χ4v) is 1.67. The van der Waals surface area contributed by atoms with E-state index < -0.39 is 0 Å². The number of allylic oxidation sites excluding steroid dienone is 2. The number of carbonyl (C=O) groups excluding carboxylic acids is 1. The van der Waals surface area contributed by atoms with Crippen molar-refractivity contribution in [3.63, 3.8) is 0 Å². The largest absolute Gasteiger partial charge is 0.303 e. The van der Waals surface area contributed by atoms with E-state index in [0.717, 1.165) is 12.7 Å². The molecule has 0 spiro atoms. The SMILES string of the molecule is CCCC1=CC(C=O)CCC1. The fraction of sp³-hybridized carbons (Fsp3) is 0.700. The highest BCUT2D eigenvalue weighted by molar-refractivity contribution is 5.57. The zero-order valence-electron chi connectivity index (χ0n) is 7.18. The topological polar surface area (TPSA) is 17.1 Å². The Balaban J connectivity index is 2.49. The van der Waals surface area contributed by atoms with Crippen LogP contribution in [0.1, 0.15) is 39.0 Å². The minimum Gasteiger partial charge on any atom is -0.303 e. The summed E-state index contributed by atoms with van der Waals surface area (Å²) < 4.78 is 0. The second-order valence-electron chi connectivity index (χ2n) is 3.27. The molecule has 0 saturated heterocycles. The summed E-state index contributed by atoms with van der Waals surface area (Å²) in [5, 5.41) is 0. The Morgan fingerprint density at radius 3 is 3.18 bits per heavy atom. The molecule has 0 heterocycles. The van der Waals surface area contributed by atoms with Crippen LogP contribution in [-0.4, -0.2) is 6.29 Å². The smallest absolute Gasteiger partial charge is 0.126 e. The second kappa shape index (κ2) is 4.32. The van der Waals surface area contributed by atoms with E-state index in [0.29, 0.717) is 0 Å². The average Bonchev–Trinajstić information content (AvgIpc) is 2.06. The number of hydrogen-bond acceptors (Lipinski definition) is 1. The molecule has 0 saturated carbocycles. The van der Waals surface area contributed by atoms with Crippen molar-refractivity contribution < 1.29 is 4.79 Å². The lowest BCUT2D eigenvalue weighted by atomic mass is 9.89. The molecule has 1 heteroatoms. The van der Waals surface area contributed by atoms with Crippen LogP contribution in [0.3, 0.4) is 0 Å². The maximum absolute atomic E-state index is 10.5. The van der Waals surface area contributed by atoms with Gasteiger partial charge in [0.05, 0.1) is 0 Å². The molecule has 1 aliphatic carbocycles. The molecule has 0 N–H and O–H groups in total. The predicted molar refractivity (Wildman–Crippen MR) is 46.4 cm³/mol. The Kier molecular flexibility index (Phi) is 3.34. The molecule has 0 aliphatic heterocycles. The second-order valence-corrected chi connectivity index (χ2v) is 3.27. The van der Waals surface area contributed by atoms with Gasteiger partial charge in [-0.1, -0.05) is 25.0 Å². The van der Waals surface area contributed by atoms with Gasteiger partial charge in [0.1, 0.15) is 6.29 Å². The molecule has 0 aromatic carbocycles. The first-order chi connectivity index (χ1) is 5.36. The Morgan fingerprint density at radius 2 is 2.55 bits per heavy atom. The van der Waals surface area contributed by atoms with Gasteiger partial charge >= 0.3 is 0 Å². The van der Waals surface area contributed by atoms with E-state index in [1.165, 1.54) is 31.3 Å². The van der Waals surface area contributed by atoms with Crippen LogP contribution in [0.25, 0.3) is 0 Å². The van der Waals surface area contributed by atoms with Crippen LogP contribution >= 0.6 is 0 Å². The van der Waals surface area contributed by atoms with E-state index in [4.69, 9.17) is 0 Å². The minimum absolute atomic E-state index is 0.227. The third-order valence-electron chi connectivity index (χ3n) is 2.23. The third kappa shape index (κ3) is 2.49. The van der Waals surface area contributed by atoms with Gasteiger partial charge in [-0.2, -0.15) is 0 Å². The van der Waals surface area contributed by atoms with Gasteiger partial charge in [-0.3, -0.25) is 0 Å². The van der Waals surface area contributed by atoms with Crippen molar-refractivity contribution in [1.29, 1.82) is 0 Å². The first kappa shape index (κ1) is 8.51. The summed E-state index contributed by atoms with van der Waals surface area (Å²) in [6.45, 7) is 2.19. The van der Waals surface area contributed by atoms with Crippen molar-refractivity contribution in [3.8, 4) is 0 Å². The van der Waals surface area contributed by atoms with E-state index >= 15 is 0 Å². The first-order valence-corrected chi connectivity index (χ1v) is 4.51. The highest BCUT2D eigenvalue weighted by Crippen LogP contribution is 2.24. The van der Waals surface area contributed by atoms with Crippen molar-refractivity contribution in [2.24, 2.45) is 5.92 Å². The van der Waals surface area contributed by atoms with E-state index in [2.05, 4.69) is 13.0 Å². The van der Waals surface area contributed by atoms with E-state index in [9.17, 15) is 4.79 Å². The molecule has 1 atom stereocenters. The van der Waals surface area contributed by atoms with Crippen molar-refractivity contribution in [3.05, 3.63) is 11.6 Å². The lowest BCUT2D eigenvalue weighted by molar-refractivity contribution is -0.110. The molecule has 0 radical (unpaired) electrons. The van der Waals surface area contributed by atoms with Crippen molar-refractivity contribution in [1.82, 2.24) is 0 Å². The summed E-state index contributed by atoms with van der Waals surface area (Å²) in [7, 11) is 0. The average molecular weight is 152 g/mol. The summed E-state index contributed by atoms with van der Waals surface area (Å²) in [6.07, 6.45) is 9.13. The highest BCUT2D eigenvalue weighted by atomic mass is 16.1. The van der Waals surface area contributed by atoms with Crippen LogP contribution in [-0.2, 0) is 4.79 Å². The number of carbonyl (C=O) groups is 1. The van der Waals surface area contributed by atoms with Crippen molar-refractivity contribution in [2.45, 2.75) is 39.0 Å². The Hall–Kier alpha value is -0.590. The summed E-state index contributed by atoms with van der Waals surface area (Å²) in [5.41, 5.74) is 1.50. The molecule has 0 amide bonds. The molecule has 1 unspecified atom stereocenters. The van der Waals surface area contributed by atoms with Crippen molar-refractivity contribution in [2.75, 3.05) is 0 Å². The van der Waals surface area contributed by atoms with Crippen molar-refractivity contribution >= 4 is 6.29 Å². The van der Waals surface area contributed by atoms with Crippen LogP contribution < -0.4 is 0 Å². The number of rotatable bonds is 3. The molecule has 0 bridgehead atoms. The lowest BCUT2D eigenvalue weighted by Crippen LogP contribution is -2.05.